The summed E-state index contributed by atoms with van der Waals surface area (Å²) in [5, 5.41) is 0. The first-order chi connectivity index (χ1) is 17.2. The smallest absolute Gasteiger partial charge is 0.321 e. The van der Waals surface area contributed by atoms with Crippen LogP contribution in [0.15, 0.2) is 85.2 Å². The summed E-state index contributed by atoms with van der Waals surface area (Å²) in [7, 11) is 0. The molecule has 35 heavy (non-hydrogen) atoms. The Morgan fingerprint density at radius 3 is 2.69 bits per heavy atom. The summed E-state index contributed by atoms with van der Waals surface area (Å²) in [5.41, 5.74) is 2.94. The molecule has 6 nitrogen and oxygen atoms in total. The van der Waals surface area contributed by atoms with Gasteiger partial charge in [0, 0.05) is 54.8 Å². The number of amides is 1. The molecule has 1 saturated heterocycles. The fraction of sp³-hybridized carbons (Fsp3) is 0.214. The van der Waals surface area contributed by atoms with Crippen molar-refractivity contribution in [2.45, 2.75) is 25.2 Å². The minimum absolute atomic E-state index is 0.0448. The molecule has 0 bridgehead atoms. The normalized spacial score (nSPS) is 15.6. The van der Waals surface area contributed by atoms with Gasteiger partial charge in [-0.3, -0.25) is 9.78 Å². The summed E-state index contributed by atoms with van der Waals surface area (Å²) in [5.74, 6) is 0.374. The number of carbonyl (C=O) groups excluding carboxylic acids is 1. The molecule has 0 radical (unpaired) electrons. The summed E-state index contributed by atoms with van der Waals surface area (Å²) in [6.45, 7) is 1.28. The van der Waals surface area contributed by atoms with Gasteiger partial charge in [-0.2, -0.15) is 0 Å². The number of carbonyl (C=O) groups is 1. The third-order valence-electron chi connectivity index (χ3n) is 6.12. The van der Waals surface area contributed by atoms with E-state index in [4.69, 9.17) is 9.72 Å². The van der Waals surface area contributed by atoms with Crippen LogP contribution in [0.4, 0.5) is 4.39 Å². The molecule has 1 atom stereocenters. The van der Waals surface area contributed by atoms with Crippen LogP contribution in [0.2, 0.25) is 0 Å². The van der Waals surface area contributed by atoms with Crippen molar-refractivity contribution in [3.63, 3.8) is 0 Å². The molecule has 5 rings (SSSR count). The number of pyridine rings is 1. The van der Waals surface area contributed by atoms with Crippen molar-refractivity contribution in [1.82, 2.24) is 19.9 Å². The average Bonchev–Trinajstić information content (AvgIpc) is 2.91. The maximum Gasteiger partial charge on any atom is 0.321 e. The van der Waals surface area contributed by atoms with E-state index in [2.05, 4.69) is 9.97 Å². The van der Waals surface area contributed by atoms with E-state index in [1.807, 2.05) is 29.2 Å². The molecular formula is C28H25FN4O2. The third kappa shape index (κ3) is 5.51. The summed E-state index contributed by atoms with van der Waals surface area (Å²) >= 11 is 0. The summed E-state index contributed by atoms with van der Waals surface area (Å²) in [6, 6.07) is 21.7. The highest BCUT2D eigenvalue weighted by Crippen LogP contribution is 2.28. The molecule has 0 aliphatic carbocycles. The van der Waals surface area contributed by atoms with E-state index in [0.29, 0.717) is 36.4 Å². The molecule has 1 aliphatic heterocycles. The van der Waals surface area contributed by atoms with Crippen LogP contribution < -0.4 is 4.74 Å². The maximum absolute atomic E-state index is 14.1. The van der Waals surface area contributed by atoms with Gasteiger partial charge in [0.2, 0.25) is 0 Å². The number of hydrogen-bond donors (Lipinski definition) is 0. The lowest BCUT2D eigenvalue weighted by molar-refractivity contribution is 0.0705. The van der Waals surface area contributed by atoms with Gasteiger partial charge in [0.15, 0.2) is 0 Å². The van der Waals surface area contributed by atoms with Gasteiger partial charge in [0.25, 0.3) is 5.91 Å². The van der Waals surface area contributed by atoms with Gasteiger partial charge >= 0.3 is 6.01 Å². The Morgan fingerprint density at radius 2 is 1.83 bits per heavy atom. The first-order valence-corrected chi connectivity index (χ1v) is 11.7. The minimum atomic E-state index is -0.223. The van der Waals surface area contributed by atoms with Gasteiger partial charge in [-0.1, -0.05) is 30.3 Å². The molecule has 4 aromatic rings. The van der Waals surface area contributed by atoms with Crippen LogP contribution in [0.1, 0.15) is 46.1 Å². The SMILES string of the molecule is O=C(c1cccc(Oc2ncccn2)c1)N1CCC[C@@H](c2cccc(Cc3ccccc3F)n2)C1. The molecule has 1 fully saturated rings. The Kier molecular flexibility index (Phi) is 6.75. The second kappa shape index (κ2) is 10.4. The Hall–Kier alpha value is -4.13. The molecule has 1 aliphatic rings. The van der Waals surface area contributed by atoms with E-state index in [9.17, 15) is 9.18 Å². The lowest BCUT2D eigenvalue weighted by atomic mass is 9.93. The van der Waals surface area contributed by atoms with Crippen molar-refractivity contribution in [2.75, 3.05) is 13.1 Å². The topological polar surface area (TPSA) is 68.2 Å². The van der Waals surface area contributed by atoms with E-state index in [0.717, 1.165) is 24.2 Å². The fourth-order valence-electron chi connectivity index (χ4n) is 4.38. The van der Waals surface area contributed by atoms with E-state index >= 15 is 0 Å². The quantitative estimate of drug-likeness (QED) is 0.378. The molecule has 7 heteroatoms. The van der Waals surface area contributed by atoms with E-state index < -0.39 is 0 Å². The van der Waals surface area contributed by atoms with Gasteiger partial charge < -0.3 is 9.64 Å². The molecule has 0 unspecified atom stereocenters. The second-order valence-corrected chi connectivity index (χ2v) is 8.57. The van der Waals surface area contributed by atoms with Crippen molar-refractivity contribution in [2.24, 2.45) is 0 Å². The van der Waals surface area contributed by atoms with Crippen molar-refractivity contribution in [3.8, 4) is 11.8 Å². The zero-order valence-electron chi connectivity index (χ0n) is 19.2. The number of halogens is 1. The summed E-state index contributed by atoms with van der Waals surface area (Å²) in [4.78, 5) is 28.1. The summed E-state index contributed by atoms with van der Waals surface area (Å²) < 4.78 is 19.8. The predicted octanol–water partition coefficient (Wildman–Crippen LogP) is 5.41. The first-order valence-electron chi connectivity index (χ1n) is 11.7. The molecule has 0 N–H and O–H groups in total. The van der Waals surface area contributed by atoms with Crippen molar-refractivity contribution < 1.29 is 13.9 Å². The number of likely N-dealkylation sites (tertiary alicyclic amines) is 1. The zero-order valence-corrected chi connectivity index (χ0v) is 19.2. The van der Waals surface area contributed by atoms with E-state index in [1.165, 1.54) is 6.07 Å². The standard InChI is InChI=1S/C28H25FN4O2/c29-25-12-2-1-7-20(25)17-23-10-4-13-26(32-23)22-9-5-16-33(19-22)27(34)21-8-3-11-24(18-21)35-28-30-14-6-15-31-28/h1-4,6-8,10-15,18,22H,5,9,16-17,19H2/t22-/m1/s1. The Bertz CT molecular complexity index is 1320. The Labute approximate surface area is 203 Å². The molecule has 1 amide bonds. The number of rotatable bonds is 6. The van der Waals surface area contributed by atoms with Gasteiger partial charge in [-0.15, -0.1) is 0 Å². The highest BCUT2D eigenvalue weighted by molar-refractivity contribution is 5.94. The average molecular weight is 469 g/mol. The predicted molar refractivity (Wildman–Crippen MR) is 130 cm³/mol. The van der Waals surface area contributed by atoms with Crippen LogP contribution in [0, 0.1) is 5.82 Å². The van der Waals surface area contributed by atoms with Crippen molar-refractivity contribution in [1.29, 1.82) is 0 Å². The number of nitrogens with zero attached hydrogens (tertiary/aromatic N) is 4. The third-order valence-corrected chi connectivity index (χ3v) is 6.12. The fourth-order valence-corrected chi connectivity index (χ4v) is 4.38. The van der Waals surface area contributed by atoms with Gasteiger partial charge in [-0.05, 0) is 60.9 Å². The highest BCUT2D eigenvalue weighted by Gasteiger charge is 2.26. The lowest BCUT2D eigenvalue weighted by Crippen LogP contribution is -2.39. The molecule has 176 valence electrons. The monoisotopic (exact) mass is 468 g/mol. The van der Waals surface area contributed by atoms with E-state index in [1.54, 1.807) is 54.9 Å². The number of hydrogen-bond acceptors (Lipinski definition) is 5. The molecule has 0 saturated carbocycles. The number of ether oxygens (including phenoxy) is 1. The minimum Gasteiger partial charge on any atom is -0.424 e. The van der Waals surface area contributed by atoms with Crippen molar-refractivity contribution in [3.05, 3.63) is 114 Å². The molecule has 3 heterocycles. The number of aromatic nitrogens is 3. The number of piperidine rings is 1. The largest absolute Gasteiger partial charge is 0.424 e. The van der Waals surface area contributed by atoms with Crippen LogP contribution in [-0.4, -0.2) is 38.8 Å². The molecule has 2 aromatic carbocycles. The number of benzene rings is 2. The van der Waals surface area contributed by atoms with Crippen LogP contribution in [0.3, 0.4) is 0 Å². The summed E-state index contributed by atoms with van der Waals surface area (Å²) in [6.07, 6.45) is 5.49. The first kappa shape index (κ1) is 22.7. The molecule has 0 spiro atoms. The Morgan fingerprint density at radius 1 is 1.00 bits per heavy atom. The highest BCUT2D eigenvalue weighted by atomic mass is 19.1. The van der Waals surface area contributed by atoms with Gasteiger partial charge in [-0.25, -0.2) is 14.4 Å². The van der Waals surface area contributed by atoms with Crippen LogP contribution in [0.25, 0.3) is 0 Å². The molecule has 2 aromatic heterocycles. The maximum atomic E-state index is 14.1. The Balaban J connectivity index is 1.28. The lowest BCUT2D eigenvalue weighted by Gasteiger charge is -2.32. The zero-order chi connectivity index (χ0) is 24.0. The van der Waals surface area contributed by atoms with Gasteiger partial charge in [0.05, 0.1) is 0 Å². The van der Waals surface area contributed by atoms with Crippen LogP contribution in [-0.2, 0) is 6.42 Å². The van der Waals surface area contributed by atoms with Gasteiger partial charge in [0.1, 0.15) is 11.6 Å². The van der Waals surface area contributed by atoms with Crippen molar-refractivity contribution >= 4 is 5.91 Å². The molecular weight excluding hydrogens is 443 g/mol. The van der Waals surface area contributed by atoms with E-state index in [-0.39, 0.29) is 23.7 Å². The van der Waals surface area contributed by atoms with Crippen LogP contribution >= 0.6 is 0 Å². The second-order valence-electron chi connectivity index (χ2n) is 8.57. The van der Waals surface area contributed by atoms with Crippen LogP contribution in [0.5, 0.6) is 11.8 Å².